The quantitative estimate of drug-likeness (QED) is 0.722. The third-order valence-corrected chi connectivity index (χ3v) is 3.22. The van der Waals surface area contributed by atoms with E-state index in [0.29, 0.717) is 0 Å². The fourth-order valence-corrected chi connectivity index (χ4v) is 1.94. The highest BCUT2D eigenvalue weighted by Gasteiger charge is 2.46. The van der Waals surface area contributed by atoms with Crippen LogP contribution in [0.4, 0.5) is 0 Å². The predicted molar refractivity (Wildman–Crippen MR) is 59.1 cm³/mol. The van der Waals surface area contributed by atoms with Crippen molar-refractivity contribution in [1.29, 1.82) is 0 Å². The van der Waals surface area contributed by atoms with Gasteiger partial charge in [-0.15, -0.1) is 0 Å². The van der Waals surface area contributed by atoms with E-state index in [1.54, 1.807) is 0 Å². The molecule has 1 fully saturated rings. The molecule has 0 spiro atoms. The summed E-state index contributed by atoms with van der Waals surface area (Å²) >= 11 is 0. The van der Waals surface area contributed by atoms with Crippen LogP contribution in [0.2, 0.25) is 0 Å². The summed E-state index contributed by atoms with van der Waals surface area (Å²) < 4.78 is 0. The average Bonchev–Trinajstić information content (AvgIpc) is 2.44. The maximum Gasteiger partial charge on any atom is 0.227 e. The van der Waals surface area contributed by atoms with Crippen molar-refractivity contribution in [3.05, 3.63) is 35.9 Å². The smallest absolute Gasteiger partial charge is 0.227 e. The monoisotopic (exact) mass is 204 g/mol. The maximum absolute atomic E-state index is 11.7. The summed E-state index contributed by atoms with van der Waals surface area (Å²) in [6, 6.07) is 9.62. The Hall–Kier alpha value is -1.35. The topological polar surface area (TPSA) is 55.1 Å². The van der Waals surface area contributed by atoms with Gasteiger partial charge in [-0.1, -0.05) is 30.3 Å². The normalized spacial score (nSPS) is 28.9. The summed E-state index contributed by atoms with van der Waals surface area (Å²) in [6.45, 7) is 3.77. The number of carbonyl (C=O) groups is 1. The lowest BCUT2D eigenvalue weighted by Crippen LogP contribution is -2.38. The number of rotatable bonds is 1. The predicted octanol–water partition coefficient (Wildman–Crippen LogP) is 1.21. The molecule has 0 saturated carbocycles. The number of carbonyl (C=O) groups excluding carboxylic acids is 1. The van der Waals surface area contributed by atoms with Crippen LogP contribution in [-0.2, 0) is 4.79 Å². The van der Waals surface area contributed by atoms with Gasteiger partial charge in [0.15, 0.2) is 0 Å². The highest BCUT2D eigenvalue weighted by molar-refractivity contribution is 5.86. The lowest BCUT2D eigenvalue weighted by atomic mass is 9.83. The van der Waals surface area contributed by atoms with Gasteiger partial charge in [0.05, 0.1) is 11.5 Å². The summed E-state index contributed by atoms with van der Waals surface area (Å²) in [5.74, 6) is 0.0313. The summed E-state index contributed by atoms with van der Waals surface area (Å²) in [5, 5.41) is 2.95. The van der Waals surface area contributed by atoms with E-state index in [1.807, 2.05) is 44.2 Å². The van der Waals surface area contributed by atoms with E-state index >= 15 is 0 Å². The van der Waals surface area contributed by atoms with Crippen LogP contribution in [0.3, 0.4) is 0 Å². The van der Waals surface area contributed by atoms with Crippen molar-refractivity contribution in [2.75, 3.05) is 0 Å². The molecule has 15 heavy (non-hydrogen) atoms. The van der Waals surface area contributed by atoms with Crippen LogP contribution < -0.4 is 11.1 Å². The van der Waals surface area contributed by atoms with Crippen molar-refractivity contribution in [2.45, 2.75) is 25.9 Å². The third kappa shape index (κ3) is 1.53. The molecule has 3 heteroatoms. The Bertz CT molecular complexity index is 372. The first-order valence-electron chi connectivity index (χ1n) is 5.15. The van der Waals surface area contributed by atoms with Crippen molar-refractivity contribution < 1.29 is 4.79 Å². The number of hydrogen-bond donors (Lipinski definition) is 2. The van der Waals surface area contributed by atoms with E-state index in [0.717, 1.165) is 5.56 Å². The zero-order valence-corrected chi connectivity index (χ0v) is 9.03. The van der Waals surface area contributed by atoms with Crippen molar-refractivity contribution >= 4 is 5.91 Å². The van der Waals surface area contributed by atoms with E-state index in [2.05, 4.69) is 5.32 Å². The molecule has 1 amide bonds. The summed E-state index contributed by atoms with van der Waals surface area (Å²) in [4.78, 5) is 11.7. The molecule has 1 aromatic rings. The van der Waals surface area contributed by atoms with Crippen LogP contribution in [0.15, 0.2) is 30.3 Å². The van der Waals surface area contributed by atoms with E-state index in [4.69, 9.17) is 5.73 Å². The molecular formula is C12H16N2O. The highest BCUT2D eigenvalue weighted by atomic mass is 16.2. The van der Waals surface area contributed by atoms with Crippen LogP contribution in [0.5, 0.6) is 0 Å². The van der Waals surface area contributed by atoms with Crippen molar-refractivity contribution in [3.63, 3.8) is 0 Å². The molecule has 3 nitrogen and oxygen atoms in total. The molecule has 1 heterocycles. The second-order valence-electron chi connectivity index (χ2n) is 4.61. The fourth-order valence-electron chi connectivity index (χ4n) is 1.94. The van der Waals surface area contributed by atoms with Crippen LogP contribution in [0, 0.1) is 5.41 Å². The summed E-state index contributed by atoms with van der Waals surface area (Å²) in [7, 11) is 0. The number of benzene rings is 1. The van der Waals surface area contributed by atoms with Gasteiger partial charge < -0.3 is 11.1 Å². The molecule has 1 saturated heterocycles. The maximum atomic E-state index is 11.7. The van der Waals surface area contributed by atoms with Crippen LogP contribution in [-0.4, -0.2) is 11.9 Å². The molecule has 1 aliphatic rings. The molecule has 0 aliphatic carbocycles. The van der Waals surface area contributed by atoms with Crippen molar-refractivity contribution in [2.24, 2.45) is 11.1 Å². The van der Waals surface area contributed by atoms with E-state index < -0.39 is 5.41 Å². The summed E-state index contributed by atoms with van der Waals surface area (Å²) in [6.07, 6.45) is 0. The molecule has 80 valence electrons. The first kappa shape index (κ1) is 10.2. The molecular weight excluding hydrogens is 188 g/mol. The minimum atomic E-state index is -0.486. The van der Waals surface area contributed by atoms with Gasteiger partial charge in [-0.25, -0.2) is 0 Å². The largest absolute Gasteiger partial charge is 0.347 e. The minimum Gasteiger partial charge on any atom is -0.347 e. The molecule has 1 aliphatic heterocycles. The SMILES string of the molecule is CC1(C)C(=O)NC(c2ccccc2)[C@H]1N. The minimum absolute atomic E-state index is 0.0313. The van der Waals surface area contributed by atoms with Crippen molar-refractivity contribution in [1.82, 2.24) is 5.32 Å². The highest BCUT2D eigenvalue weighted by Crippen LogP contribution is 2.35. The van der Waals surface area contributed by atoms with E-state index in [1.165, 1.54) is 0 Å². The van der Waals surface area contributed by atoms with Gasteiger partial charge in [-0.2, -0.15) is 0 Å². The van der Waals surface area contributed by atoms with Gasteiger partial charge in [-0.05, 0) is 19.4 Å². The van der Waals surface area contributed by atoms with Crippen molar-refractivity contribution in [3.8, 4) is 0 Å². The van der Waals surface area contributed by atoms with Crippen LogP contribution >= 0.6 is 0 Å². The Morgan fingerprint density at radius 1 is 1.27 bits per heavy atom. The molecule has 0 bridgehead atoms. The van der Waals surface area contributed by atoms with Gasteiger partial charge in [0, 0.05) is 6.04 Å². The summed E-state index contributed by atoms with van der Waals surface area (Å²) in [5.41, 5.74) is 6.68. The van der Waals surface area contributed by atoms with Gasteiger partial charge in [-0.3, -0.25) is 4.79 Å². The number of nitrogens with two attached hydrogens (primary N) is 1. The number of amides is 1. The molecule has 3 N–H and O–H groups in total. The second-order valence-corrected chi connectivity index (χ2v) is 4.61. The average molecular weight is 204 g/mol. The van der Waals surface area contributed by atoms with Crippen LogP contribution in [0.1, 0.15) is 25.5 Å². The van der Waals surface area contributed by atoms with E-state index in [-0.39, 0.29) is 18.0 Å². The second kappa shape index (κ2) is 3.35. The zero-order valence-electron chi connectivity index (χ0n) is 9.03. The first-order chi connectivity index (χ1) is 7.03. The lowest BCUT2D eigenvalue weighted by molar-refractivity contribution is -0.126. The molecule has 0 aromatic heterocycles. The molecule has 1 unspecified atom stereocenters. The molecule has 1 aromatic carbocycles. The van der Waals surface area contributed by atoms with Gasteiger partial charge >= 0.3 is 0 Å². The third-order valence-electron chi connectivity index (χ3n) is 3.22. The van der Waals surface area contributed by atoms with E-state index in [9.17, 15) is 4.79 Å². The molecule has 2 rings (SSSR count). The Kier molecular flexibility index (Phi) is 2.27. The van der Waals surface area contributed by atoms with Crippen LogP contribution in [0.25, 0.3) is 0 Å². The van der Waals surface area contributed by atoms with Gasteiger partial charge in [0.2, 0.25) is 5.91 Å². The number of hydrogen-bond acceptors (Lipinski definition) is 2. The number of nitrogens with one attached hydrogen (secondary N) is 1. The molecule has 0 radical (unpaired) electrons. The molecule has 2 atom stereocenters. The lowest BCUT2D eigenvalue weighted by Gasteiger charge is -2.23. The first-order valence-corrected chi connectivity index (χ1v) is 5.15. The fraction of sp³-hybridized carbons (Fsp3) is 0.417. The standard InChI is InChI=1S/C12H16N2O/c1-12(2)10(13)9(14-11(12)15)8-6-4-3-5-7-8/h3-7,9-10H,13H2,1-2H3,(H,14,15)/t9?,10-/m1/s1. The Labute approximate surface area is 89.7 Å². The Morgan fingerprint density at radius 3 is 2.33 bits per heavy atom. The van der Waals surface area contributed by atoms with Gasteiger partial charge in [0.25, 0.3) is 0 Å². The Morgan fingerprint density at radius 2 is 1.87 bits per heavy atom. The zero-order chi connectivity index (χ0) is 11.1. The Balaban J connectivity index is 2.32. The van der Waals surface area contributed by atoms with Gasteiger partial charge in [0.1, 0.15) is 0 Å².